The molecule has 4 aromatic rings. The van der Waals surface area contributed by atoms with E-state index in [1.165, 1.54) is 81.7 Å². The van der Waals surface area contributed by atoms with Crippen LogP contribution < -0.4 is 9.13 Å². The first-order valence-corrected chi connectivity index (χ1v) is 13.8. The van der Waals surface area contributed by atoms with E-state index in [0.717, 1.165) is 0 Å². The first kappa shape index (κ1) is 25.4. The lowest BCUT2D eigenvalue weighted by Gasteiger charge is -2.34. The first-order valence-electron chi connectivity index (χ1n) is 13.8. The van der Waals surface area contributed by atoms with E-state index in [4.69, 9.17) is 0 Å². The van der Waals surface area contributed by atoms with Gasteiger partial charge in [-0.15, -0.1) is 0 Å². The molecule has 0 unspecified atom stereocenters. The molecular formula is C35H42N2+2. The van der Waals surface area contributed by atoms with E-state index < -0.39 is 0 Å². The summed E-state index contributed by atoms with van der Waals surface area (Å²) in [5, 5.41) is 0. The Morgan fingerprint density at radius 2 is 1.41 bits per heavy atom. The van der Waals surface area contributed by atoms with Gasteiger partial charge in [-0.1, -0.05) is 50.2 Å². The lowest BCUT2D eigenvalue weighted by molar-refractivity contribution is -0.685. The van der Waals surface area contributed by atoms with E-state index in [9.17, 15) is 0 Å². The number of rotatable bonds is 4. The van der Waals surface area contributed by atoms with Gasteiger partial charge in [0.2, 0.25) is 5.69 Å². The van der Waals surface area contributed by atoms with E-state index >= 15 is 0 Å². The number of hydrogen-bond acceptors (Lipinski definition) is 0. The Labute approximate surface area is 223 Å². The van der Waals surface area contributed by atoms with Crippen LogP contribution in [0.2, 0.25) is 0 Å². The quantitative estimate of drug-likeness (QED) is 0.256. The van der Waals surface area contributed by atoms with Crippen molar-refractivity contribution >= 4 is 0 Å². The highest BCUT2D eigenvalue weighted by Gasteiger charge is 2.28. The van der Waals surface area contributed by atoms with Crippen LogP contribution in [-0.4, -0.2) is 0 Å². The summed E-state index contributed by atoms with van der Waals surface area (Å²) in [5.41, 5.74) is 13.5. The summed E-state index contributed by atoms with van der Waals surface area (Å²) in [5.74, 6) is 0.705. The minimum atomic E-state index is 0.506. The largest absolute Gasteiger partial charge is 0.277 e. The molecule has 1 fully saturated rings. The summed E-state index contributed by atoms with van der Waals surface area (Å²) in [4.78, 5) is 0. The van der Waals surface area contributed by atoms with Gasteiger partial charge in [0.15, 0.2) is 6.20 Å². The Hall–Kier alpha value is -3.26. The van der Waals surface area contributed by atoms with Crippen molar-refractivity contribution in [3.63, 3.8) is 0 Å². The summed E-state index contributed by atoms with van der Waals surface area (Å²) in [6.07, 6.45) is 7.48. The Balaban J connectivity index is 1.53. The first-order chi connectivity index (χ1) is 17.6. The summed E-state index contributed by atoms with van der Waals surface area (Å²) >= 11 is 0. The lowest BCUT2D eigenvalue weighted by Crippen LogP contribution is -2.40. The van der Waals surface area contributed by atoms with Crippen LogP contribution in [0.3, 0.4) is 0 Å². The predicted octanol–water partition coefficient (Wildman–Crippen LogP) is 7.95. The molecule has 190 valence electrons. The molecule has 0 atom stereocenters. The number of hydrogen-bond donors (Lipinski definition) is 0. The standard InChI is InChI=1S/C35H42N2/c1-24-20-32(31-11-9-8-10-25(31)2)37(7)34(21-24)33-23-29(16-19-36(33)6)30-13-12-28(22-26(30)3)27-14-17-35(4,5)18-15-27/h8-13,16,19-23,27H,14-15,17-18H2,1-7H3/q+2. The topological polar surface area (TPSA) is 7.76 Å². The van der Waals surface area contributed by atoms with Crippen molar-refractivity contribution in [3.8, 4) is 33.8 Å². The summed E-state index contributed by atoms with van der Waals surface area (Å²) < 4.78 is 4.59. The van der Waals surface area contributed by atoms with Gasteiger partial charge in [0.05, 0.1) is 0 Å². The lowest BCUT2D eigenvalue weighted by atomic mass is 9.71. The molecule has 0 aliphatic heterocycles. The molecular weight excluding hydrogens is 448 g/mol. The van der Waals surface area contributed by atoms with E-state index in [0.29, 0.717) is 11.3 Å². The highest BCUT2D eigenvalue weighted by Crippen LogP contribution is 2.43. The molecule has 5 rings (SSSR count). The molecule has 1 aliphatic carbocycles. The molecule has 0 spiro atoms. The highest BCUT2D eigenvalue weighted by molar-refractivity contribution is 5.71. The van der Waals surface area contributed by atoms with Gasteiger partial charge < -0.3 is 0 Å². The van der Waals surface area contributed by atoms with Gasteiger partial charge >= 0.3 is 0 Å². The van der Waals surface area contributed by atoms with Crippen molar-refractivity contribution in [1.82, 2.24) is 0 Å². The molecule has 1 saturated carbocycles. The Morgan fingerprint density at radius 3 is 2.11 bits per heavy atom. The van der Waals surface area contributed by atoms with Crippen LogP contribution in [0, 0.1) is 26.2 Å². The molecule has 1 aliphatic rings. The summed E-state index contributed by atoms with van der Waals surface area (Å²) in [6.45, 7) is 11.5. The second-order valence-electron chi connectivity index (χ2n) is 12.1. The number of aromatic nitrogens is 2. The van der Waals surface area contributed by atoms with Crippen LogP contribution in [0.4, 0.5) is 0 Å². The van der Waals surface area contributed by atoms with E-state index in [-0.39, 0.29) is 0 Å². The molecule has 0 radical (unpaired) electrons. The number of pyridine rings is 2. The van der Waals surface area contributed by atoms with Gasteiger partial charge in [-0.2, -0.15) is 9.13 Å². The number of nitrogens with zero attached hydrogens (tertiary/aromatic N) is 2. The maximum absolute atomic E-state index is 2.45. The van der Waals surface area contributed by atoms with Gasteiger partial charge in [0.25, 0.3) is 11.4 Å². The van der Waals surface area contributed by atoms with Crippen LogP contribution in [-0.2, 0) is 14.1 Å². The molecule has 2 heterocycles. The molecule has 0 bridgehead atoms. The maximum Gasteiger partial charge on any atom is 0.277 e. The smallest absolute Gasteiger partial charge is 0.196 e. The molecule has 0 amide bonds. The average Bonchev–Trinajstić information content (AvgIpc) is 2.86. The fraction of sp³-hybridized carbons (Fsp3) is 0.371. The third-order valence-corrected chi connectivity index (χ3v) is 8.66. The molecule has 2 aromatic carbocycles. The number of aryl methyl sites for hydroxylation is 4. The van der Waals surface area contributed by atoms with Gasteiger partial charge in [0.1, 0.15) is 14.1 Å². The van der Waals surface area contributed by atoms with E-state index in [1.54, 1.807) is 0 Å². The van der Waals surface area contributed by atoms with Crippen molar-refractivity contribution < 1.29 is 9.13 Å². The molecule has 2 heteroatoms. The van der Waals surface area contributed by atoms with Gasteiger partial charge in [-0.25, -0.2) is 0 Å². The van der Waals surface area contributed by atoms with E-state index in [2.05, 4.69) is 131 Å². The van der Waals surface area contributed by atoms with Crippen molar-refractivity contribution in [2.75, 3.05) is 0 Å². The number of benzene rings is 2. The molecule has 0 N–H and O–H groups in total. The zero-order valence-corrected chi connectivity index (χ0v) is 23.7. The van der Waals surface area contributed by atoms with Crippen molar-refractivity contribution in [3.05, 3.63) is 95.2 Å². The van der Waals surface area contributed by atoms with Gasteiger partial charge in [-0.3, -0.25) is 0 Å². The second kappa shape index (κ2) is 9.89. The molecule has 0 saturated heterocycles. The Kier molecular flexibility index (Phi) is 6.79. The summed E-state index contributed by atoms with van der Waals surface area (Å²) in [7, 11) is 4.34. The second-order valence-corrected chi connectivity index (χ2v) is 12.1. The fourth-order valence-electron chi connectivity index (χ4n) is 6.15. The third kappa shape index (κ3) is 5.12. The molecule has 2 nitrogen and oxygen atoms in total. The Bertz CT molecular complexity index is 1450. The van der Waals surface area contributed by atoms with Crippen LogP contribution in [0.5, 0.6) is 0 Å². The van der Waals surface area contributed by atoms with Crippen LogP contribution >= 0.6 is 0 Å². The zero-order valence-electron chi connectivity index (χ0n) is 23.7. The minimum absolute atomic E-state index is 0.506. The SMILES string of the molecule is Cc1cc(-c2ccccc2C)[n+](C)c(-c2cc(-c3ccc(C4CCC(C)(C)CC4)cc3C)cc[n+]2C)c1. The third-order valence-electron chi connectivity index (χ3n) is 8.66. The predicted molar refractivity (Wildman–Crippen MR) is 154 cm³/mol. The van der Waals surface area contributed by atoms with Crippen LogP contribution in [0.25, 0.3) is 33.8 Å². The van der Waals surface area contributed by atoms with Crippen LogP contribution in [0.15, 0.2) is 72.9 Å². The van der Waals surface area contributed by atoms with E-state index in [1.807, 2.05) is 0 Å². The van der Waals surface area contributed by atoms with Crippen molar-refractivity contribution in [2.45, 2.75) is 66.2 Å². The molecule has 37 heavy (non-hydrogen) atoms. The van der Waals surface area contributed by atoms with Gasteiger partial charge in [-0.05, 0) is 97.2 Å². The Morgan fingerprint density at radius 1 is 0.703 bits per heavy atom. The van der Waals surface area contributed by atoms with Crippen LogP contribution in [0.1, 0.15) is 67.7 Å². The average molecular weight is 491 g/mol. The van der Waals surface area contributed by atoms with Crippen molar-refractivity contribution in [2.24, 2.45) is 19.5 Å². The maximum atomic E-state index is 2.45. The zero-order chi connectivity index (χ0) is 26.3. The van der Waals surface area contributed by atoms with Gasteiger partial charge in [0, 0.05) is 29.8 Å². The fourth-order valence-corrected chi connectivity index (χ4v) is 6.15. The summed E-state index contributed by atoms with van der Waals surface area (Å²) in [6, 6.07) is 25.1. The van der Waals surface area contributed by atoms with Crippen molar-refractivity contribution in [1.29, 1.82) is 0 Å². The monoisotopic (exact) mass is 490 g/mol. The highest BCUT2D eigenvalue weighted by atomic mass is 15.0. The molecule has 2 aromatic heterocycles. The normalized spacial score (nSPS) is 15.6. The minimum Gasteiger partial charge on any atom is -0.196 e.